The van der Waals surface area contributed by atoms with E-state index in [9.17, 15) is 4.79 Å². The molecule has 2 heteroatoms. The molecule has 0 saturated carbocycles. The van der Waals surface area contributed by atoms with Crippen LogP contribution in [0.4, 0.5) is 11.4 Å². The fourth-order valence-corrected chi connectivity index (χ4v) is 3.07. The highest BCUT2D eigenvalue weighted by molar-refractivity contribution is 5.96. The number of nitrogens with zero attached hydrogens (tertiary/aromatic N) is 1. The highest BCUT2D eigenvalue weighted by atomic mass is 16.1. The van der Waals surface area contributed by atoms with Gasteiger partial charge in [0, 0.05) is 29.9 Å². The van der Waals surface area contributed by atoms with E-state index in [0.717, 1.165) is 18.5 Å². The molecule has 2 nitrogen and oxygen atoms in total. The molecule has 0 aromatic heterocycles. The third-order valence-corrected chi connectivity index (χ3v) is 4.17. The monoisotopic (exact) mass is 279 g/mol. The first-order valence-electron chi connectivity index (χ1n) is 7.67. The molecule has 0 fully saturated rings. The molecule has 1 unspecified atom stereocenters. The summed E-state index contributed by atoms with van der Waals surface area (Å²) in [5.41, 5.74) is 4.68. The van der Waals surface area contributed by atoms with Crippen LogP contribution >= 0.6 is 0 Å². The van der Waals surface area contributed by atoms with Gasteiger partial charge in [-0.2, -0.15) is 0 Å². The van der Waals surface area contributed by atoms with Crippen LogP contribution in [-0.2, 0) is 6.42 Å². The number of ketones is 1. The van der Waals surface area contributed by atoms with Gasteiger partial charge in [0.1, 0.15) is 0 Å². The number of hydrogen-bond acceptors (Lipinski definition) is 2. The zero-order chi connectivity index (χ0) is 14.8. The summed E-state index contributed by atoms with van der Waals surface area (Å²) < 4.78 is 0. The van der Waals surface area contributed by atoms with Crippen LogP contribution in [0, 0.1) is 5.92 Å². The van der Waals surface area contributed by atoms with E-state index in [4.69, 9.17) is 0 Å². The third-order valence-electron chi connectivity index (χ3n) is 4.17. The van der Waals surface area contributed by atoms with Gasteiger partial charge >= 0.3 is 0 Å². The van der Waals surface area contributed by atoms with Crippen LogP contribution in [0.15, 0.2) is 48.5 Å². The molecule has 1 aliphatic heterocycles. The van der Waals surface area contributed by atoms with E-state index in [0.29, 0.717) is 12.3 Å². The van der Waals surface area contributed by atoms with Gasteiger partial charge in [-0.05, 0) is 48.2 Å². The van der Waals surface area contributed by atoms with Crippen LogP contribution in [0.2, 0.25) is 0 Å². The molecule has 21 heavy (non-hydrogen) atoms. The zero-order valence-electron chi connectivity index (χ0n) is 12.7. The van der Waals surface area contributed by atoms with Crippen molar-refractivity contribution in [1.29, 1.82) is 0 Å². The Kier molecular flexibility index (Phi) is 3.78. The molecule has 2 aromatic rings. The van der Waals surface area contributed by atoms with Gasteiger partial charge in [0.15, 0.2) is 5.78 Å². The van der Waals surface area contributed by atoms with E-state index in [-0.39, 0.29) is 5.78 Å². The van der Waals surface area contributed by atoms with Gasteiger partial charge in [0.05, 0.1) is 0 Å². The highest BCUT2D eigenvalue weighted by Crippen LogP contribution is 2.35. The van der Waals surface area contributed by atoms with Crippen molar-refractivity contribution >= 4 is 17.2 Å². The Labute approximate surface area is 126 Å². The number of para-hydroxylation sites is 1. The summed E-state index contributed by atoms with van der Waals surface area (Å²) in [6.07, 6.45) is 1.70. The average Bonchev–Trinajstić information content (AvgIpc) is 2.53. The second kappa shape index (κ2) is 5.72. The van der Waals surface area contributed by atoms with Crippen molar-refractivity contribution in [2.75, 3.05) is 11.4 Å². The van der Waals surface area contributed by atoms with E-state index in [1.807, 2.05) is 19.1 Å². The molecule has 0 saturated heterocycles. The van der Waals surface area contributed by atoms with Gasteiger partial charge in [0.25, 0.3) is 0 Å². The molecule has 1 atom stereocenters. The number of carbonyl (C=O) groups is 1. The molecule has 1 aliphatic rings. The highest BCUT2D eigenvalue weighted by Gasteiger charge is 2.22. The Morgan fingerprint density at radius 2 is 1.86 bits per heavy atom. The quantitative estimate of drug-likeness (QED) is 0.765. The average molecular weight is 279 g/mol. The summed E-state index contributed by atoms with van der Waals surface area (Å²) >= 11 is 0. The van der Waals surface area contributed by atoms with Gasteiger partial charge in [-0.15, -0.1) is 0 Å². The van der Waals surface area contributed by atoms with Crippen molar-refractivity contribution in [1.82, 2.24) is 0 Å². The van der Waals surface area contributed by atoms with Gasteiger partial charge in [-0.1, -0.05) is 32.0 Å². The molecule has 0 aliphatic carbocycles. The van der Waals surface area contributed by atoms with Crippen LogP contribution < -0.4 is 4.90 Å². The Hall–Kier alpha value is -2.09. The van der Waals surface area contributed by atoms with Crippen molar-refractivity contribution in [2.45, 2.75) is 26.7 Å². The minimum atomic E-state index is 0.203. The predicted octanol–water partition coefficient (Wildman–Crippen LogP) is 4.61. The molecule has 0 N–H and O–H groups in total. The lowest BCUT2D eigenvalue weighted by molar-refractivity contribution is 0.0988. The van der Waals surface area contributed by atoms with Crippen LogP contribution in [-0.4, -0.2) is 12.3 Å². The van der Waals surface area contributed by atoms with Gasteiger partial charge in [0.2, 0.25) is 0 Å². The zero-order valence-corrected chi connectivity index (χ0v) is 12.7. The minimum Gasteiger partial charge on any atom is -0.341 e. The second-order valence-electron chi connectivity index (χ2n) is 5.87. The number of anilines is 2. The van der Waals surface area contributed by atoms with Crippen molar-refractivity contribution < 1.29 is 4.79 Å². The molecular formula is C19H21NO. The summed E-state index contributed by atoms with van der Waals surface area (Å²) in [5, 5.41) is 0. The summed E-state index contributed by atoms with van der Waals surface area (Å²) in [6, 6.07) is 16.6. The lowest BCUT2D eigenvalue weighted by Crippen LogP contribution is -2.30. The first-order valence-corrected chi connectivity index (χ1v) is 7.67. The van der Waals surface area contributed by atoms with Crippen LogP contribution in [0.1, 0.15) is 36.2 Å². The summed E-state index contributed by atoms with van der Waals surface area (Å²) in [4.78, 5) is 14.1. The number of Topliss-reactive ketones (excluding diaryl/α,β-unsaturated/α-hetero) is 1. The largest absolute Gasteiger partial charge is 0.341 e. The van der Waals surface area contributed by atoms with E-state index in [1.54, 1.807) is 0 Å². The SMILES string of the molecule is CCC(=O)c1ccc(N2CC(C)Cc3ccccc32)cc1. The lowest BCUT2D eigenvalue weighted by atomic mass is 9.93. The van der Waals surface area contributed by atoms with Crippen molar-refractivity contribution in [3.63, 3.8) is 0 Å². The third kappa shape index (κ3) is 2.71. The van der Waals surface area contributed by atoms with E-state index < -0.39 is 0 Å². The predicted molar refractivity (Wildman–Crippen MR) is 87.4 cm³/mol. The van der Waals surface area contributed by atoms with Gasteiger partial charge < -0.3 is 4.90 Å². The Morgan fingerprint density at radius 3 is 2.57 bits per heavy atom. The standard InChI is InChI=1S/C19H21NO/c1-3-19(21)15-8-10-17(11-9-15)20-13-14(2)12-16-6-4-5-7-18(16)20/h4-11,14H,3,12-13H2,1-2H3. The van der Waals surface area contributed by atoms with Crippen LogP contribution in [0.3, 0.4) is 0 Å². The maximum Gasteiger partial charge on any atom is 0.162 e. The number of rotatable bonds is 3. The molecule has 2 aromatic carbocycles. The molecule has 3 rings (SSSR count). The second-order valence-corrected chi connectivity index (χ2v) is 5.87. The Bertz CT molecular complexity index is 645. The van der Waals surface area contributed by atoms with E-state index >= 15 is 0 Å². The summed E-state index contributed by atoms with van der Waals surface area (Å²) in [5.74, 6) is 0.839. The van der Waals surface area contributed by atoms with Crippen molar-refractivity contribution in [3.8, 4) is 0 Å². The van der Waals surface area contributed by atoms with Gasteiger partial charge in [-0.25, -0.2) is 0 Å². The fraction of sp³-hybridized carbons (Fsp3) is 0.316. The number of benzene rings is 2. The smallest absolute Gasteiger partial charge is 0.162 e. The molecule has 108 valence electrons. The molecule has 1 heterocycles. The normalized spacial score (nSPS) is 17.4. The first kappa shape index (κ1) is 13.9. The Balaban J connectivity index is 1.95. The fourth-order valence-electron chi connectivity index (χ4n) is 3.07. The molecule has 0 bridgehead atoms. The van der Waals surface area contributed by atoms with Crippen molar-refractivity contribution in [2.24, 2.45) is 5.92 Å². The maximum atomic E-state index is 11.7. The van der Waals surface area contributed by atoms with E-state index in [2.05, 4.69) is 48.2 Å². The van der Waals surface area contributed by atoms with Crippen molar-refractivity contribution in [3.05, 3.63) is 59.7 Å². The van der Waals surface area contributed by atoms with E-state index in [1.165, 1.54) is 16.9 Å². The summed E-state index contributed by atoms with van der Waals surface area (Å²) in [7, 11) is 0. The molecular weight excluding hydrogens is 258 g/mol. The summed E-state index contributed by atoms with van der Waals surface area (Å²) in [6.45, 7) is 5.22. The van der Waals surface area contributed by atoms with Crippen LogP contribution in [0.25, 0.3) is 0 Å². The lowest BCUT2D eigenvalue weighted by Gasteiger charge is -2.35. The molecule has 0 radical (unpaired) electrons. The number of fused-ring (bicyclic) bond motifs is 1. The number of hydrogen-bond donors (Lipinski definition) is 0. The number of carbonyl (C=O) groups excluding carboxylic acids is 1. The minimum absolute atomic E-state index is 0.203. The van der Waals surface area contributed by atoms with Crippen LogP contribution in [0.5, 0.6) is 0 Å². The topological polar surface area (TPSA) is 20.3 Å². The first-order chi connectivity index (χ1) is 10.2. The van der Waals surface area contributed by atoms with Gasteiger partial charge in [-0.3, -0.25) is 4.79 Å². The molecule has 0 spiro atoms. The molecule has 0 amide bonds. The maximum absolute atomic E-state index is 11.7. The Morgan fingerprint density at radius 1 is 1.14 bits per heavy atom.